The van der Waals surface area contributed by atoms with Crippen LogP contribution in [-0.4, -0.2) is 62.4 Å². The lowest BCUT2D eigenvalue weighted by molar-refractivity contribution is -0.384. The molecule has 1 aromatic heterocycles. The summed E-state index contributed by atoms with van der Waals surface area (Å²) < 4.78 is 1.95. The van der Waals surface area contributed by atoms with E-state index in [1.807, 2.05) is 64.1 Å². The van der Waals surface area contributed by atoms with Crippen molar-refractivity contribution in [2.45, 2.75) is 5.16 Å². The van der Waals surface area contributed by atoms with Crippen LogP contribution in [0, 0.1) is 10.1 Å². The average molecular weight is 535 g/mol. The van der Waals surface area contributed by atoms with Gasteiger partial charge in [0.15, 0.2) is 11.0 Å². The molecule has 0 radical (unpaired) electrons. The largest absolute Gasteiger partial charge is 0.368 e. The van der Waals surface area contributed by atoms with Gasteiger partial charge in [0.2, 0.25) is 5.91 Å². The van der Waals surface area contributed by atoms with Crippen LogP contribution >= 0.6 is 23.4 Å². The maximum atomic E-state index is 13.0. The zero-order valence-electron chi connectivity index (χ0n) is 19.7. The molecule has 0 N–H and O–H groups in total. The molecule has 1 fully saturated rings. The highest BCUT2D eigenvalue weighted by molar-refractivity contribution is 7.99. The van der Waals surface area contributed by atoms with Crippen LogP contribution in [0.1, 0.15) is 0 Å². The quantitative estimate of drug-likeness (QED) is 0.188. The van der Waals surface area contributed by atoms with Gasteiger partial charge in [-0.3, -0.25) is 19.5 Å². The fourth-order valence-corrected chi connectivity index (χ4v) is 5.16. The molecule has 37 heavy (non-hydrogen) atoms. The molecule has 1 aliphatic rings. The molecule has 1 saturated heterocycles. The number of nitro groups is 1. The Labute approximate surface area is 222 Å². The number of piperazine rings is 1. The normalized spacial score (nSPS) is 13.5. The number of benzene rings is 3. The van der Waals surface area contributed by atoms with E-state index in [4.69, 9.17) is 11.6 Å². The second-order valence-corrected chi connectivity index (χ2v) is 9.79. The monoisotopic (exact) mass is 534 g/mol. The van der Waals surface area contributed by atoms with Crippen molar-refractivity contribution in [2.75, 3.05) is 36.8 Å². The lowest BCUT2D eigenvalue weighted by atomic mass is 10.2. The zero-order valence-corrected chi connectivity index (χ0v) is 21.3. The number of non-ortho nitro benzene ring substituents is 1. The van der Waals surface area contributed by atoms with Crippen LogP contribution in [-0.2, 0) is 4.79 Å². The van der Waals surface area contributed by atoms with E-state index < -0.39 is 4.92 Å². The Morgan fingerprint density at radius 1 is 0.892 bits per heavy atom. The Kier molecular flexibility index (Phi) is 7.38. The number of amides is 1. The predicted octanol–water partition coefficient (Wildman–Crippen LogP) is 4.94. The van der Waals surface area contributed by atoms with E-state index in [1.54, 1.807) is 12.1 Å². The minimum Gasteiger partial charge on any atom is -0.368 e. The van der Waals surface area contributed by atoms with E-state index >= 15 is 0 Å². The van der Waals surface area contributed by atoms with Gasteiger partial charge in [-0.25, -0.2) is 0 Å². The molecule has 9 nitrogen and oxygen atoms in total. The maximum Gasteiger partial charge on any atom is 0.269 e. The SMILES string of the molecule is O=C(CSc1nnc(-c2ccc(Cl)cc2)n1-c1ccccc1)N1CCN(c2ccc([N+](=O)[O-])cc2)CC1. The summed E-state index contributed by atoms with van der Waals surface area (Å²) in [5.41, 5.74) is 2.76. The van der Waals surface area contributed by atoms with Crippen LogP contribution in [0.25, 0.3) is 17.1 Å². The summed E-state index contributed by atoms with van der Waals surface area (Å²) in [5.74, 6) is 0.946. The topological polar surface area (TPSA) is 97.4 Å². The molecule has 11 heteroatoms. The summed E-state index contributed by atoms with van der Waals surface area (Å²) in [6.45, 7) is 2.49. The maximum absolute atomic E-state index is 13.0. The molecule has 0 saturated carbocycles. The number of nitrogens with zero attached hydrogens (tertiary/aromatic N) is 6. The van der Waals surface area contributed by atoms with E-state index in [1.165, 1.54) is 23.9 Å². The first-order valence-corrected chi connectivity index (χ1v) is 13.0. The Balaban J connectivity index is 1.25. The minimum absolute atomic E-state index is 0.0315. The first kappa shape index (κ1) is 24.8. The minimum atomic E-state index is -0.408. The second kappa shape index (κ2) is 11.0. The van der Waals surface area contributed by atoms with Crippen LogP contribution < -0.4 is 4.90 Å². The van der Waals surface area contributed by atoms with E-state index in [0.29, 0.717) is 42.2 Å². The molecule has 1 amide bonds. The van der Waals surface area contributed by atoms with Crippen molar-refractivity contribution in [2.24, 2.45) is 0 Å². The summed E-state index contributed by atoms with van der Waals surface area (Å²) in [7, 11) is 0. The molecule has 0 spiro atoms. The van der Waals surface area contributed by atoms with Gasteiger partial charge in [-0.1, -0.05) is 41.6 Å². The second-order valence-electron chi connectivity index (χ2n) is 8.41. The standard InChI is InChI=1S/C26H23ClN6O3S/c27-20-8-6-19(7-9-20)25-28-29-26(32(25)22-4-2-1-3-5-22)37-18-24(34)31-16-14-30(15-17-31)21-10-12-23(13-11-21)33(35)36/h1-13H,14-18H2. The first-order valence-electron chi connectivity index (χ1n) is 11.7. The number of hydrogen-bond acceptors (Lipinski definition) is 7. The molecule has 0 atom stereocenters. The van der Waals surface area contributed by atoms with E-state index in [2.05, 4.69) is 15.1 Å². The van der Waals surface area contributed by atoms with E-state index in [9.17, 15) is 14.9 Å². The van der Waals surface area contributed by atoms with Gasteiger partial charge in [-0.2, -0.15) is 0 Å². The predicted molar refractivity (Wildman–Crippen MR) is 144 cm³/mol. The summed E-state index contributed by atoms with van der Waals surface area (Å²) in [6, 6.07) is 23.7. The molecule has 2 heterocycles. The van der Waals surface area contributed by atoms with Crippen molar-refractivity contribution in [1.29, 1.82) is 0 Å². The number of carbonyl (C=O) groups is 1. The zero-order chi connectivity index (χ0) is 25.8. The van der Waals surface area contributed by atoms with Crippen molar-refractivity contribution in [1.82, 2.24) is 19.7 Å². The summed E-state index contributed by atoms with van der Waals surface area (Å²) in [4.78, 5) is 27.5. The number of thioether (sulfide) groups is 1. The lowest BCUT2D eigenvalue weighted by Gasteiger charge is -2.36. The van der Waals surface area contributed by atoms with Crippen molar-refractivity contribution < 1.29 is 9.72 Å². The molecule has 0 unspecified atom stereocenters. The van der Waals surface area contributed by atoms with E-state index in [0.717, 1.165) is 16.9 Å². The number of hydrogen-bond donors (Lipinski definition) is 0. The van der Waals surface area contributed by atoms with Crippen LogP contribution in [0.2, 0.25) is 5.02 Å². The van der Waals surface area contributed by atoms with E-state index in [-0.39, 0.29) is 17.3 Å². The highest BCUT2D eigenvalue weighted by Crippen LogP contribution is 2.29. The van der Waals surface area contributed by atoms with Gasteiger partial charge >= 0.3 is 0 Å². The first-order chi connectivity index (χ1) is 18.0. The van der Waals surface area contributed by atoms with Gasteiger partial charge < -0.3 is 9.80 Å². The molecular weight excluding hydrogens is 512 g/mol. The highest BCUT2D eigenvalue weighted by atomic mass is 35.5. The average Bonchev–Trinajstić information content (AvgIpc) is 3.36. The molecule has 3 aromatic carbocycles. The third-order valence-electron chi connectivity index (χ3n) is 6.13. The number of nitro benzene ring substituents is 1. The Morgan fingerprint density at radius 2 is 1.57 bits per heavy atom. The number of aromatic nitrogens is 3. The van der Waals surface area contributed by atoms with Gasteiger partial charge in [0.05, 0.1) is 10.7 Å². The Morgan fingerprint density at radius 3 is 2.22 bits per heavy atom. The third-order valence-corrected chi connectivity index (χ3v) is 7.30. The van der Waals surface area contributed by atoms with Crippen LogP contribution in [0.5, 0.6) is 0 Å². The number of halogens is 1. The molecule has 0 aliphatic carbocycles. The number of carbonyl (C=O) groups excluding carboxylic acids is 1. The smallest absolute Gasteiger partial charge is 0.269 e. The lowest BCUT2D eigenvalue weighted by Crippen LogP contribution is -2.49. The van der Waals surface area contributed by atoms with Crippen molar-refractivity contribution in [3.8, 4) is 17.1 Å². The van der Waals surface area contributed by atoms with Crippen molar-refractivity contribution in [3.05, 3.63) is 94.0 Å². The molecule has 5 rings (SSSR count). The molecular formula is C26H23ClN6O3S. The van der Waals surface area contributed by atoms with Crippen LogP contribution in [0.15, 0.2) is 84.0 Å². The number of para-hydroxylation sites is 1. The van der Waals surface area contributed by atoms with Crippen LogP contribution in [0.4, 0.5) is 11.4 Å². The fraction of sp³-hybridized carbons (Fsp3) is 0.192. The van der Waals surface area contributed by atoms with Crippen LogP contribution in [0.3, 0.4) is 0 Å². The molecule has 4 aromatic rings. The van der Waals surface area contributed by atoms with Crippen molar-refractivity contribution >= 4 is 40.6 Å². The molecule has 0 bridgehead atoms. The number of rotatable bonds is 7. The number of anilines is 1. The Bertz CT molecular complexity index is 1390. The van der Waals surface area contributed by atoms with Gasteiger partial charge in [-0.15, -0.1) is 10.2 Å². The summed E-state index contributed by atoms with van der Waals surface area (Å²) >= 11 is 7.42. The van der Waals surface area contributed by atoms with Gasteiger partial charge in [0, 0.05) is 60.3 Å². The fourth-order valence-electron chi connectivity index (χ4n) is 4.18. The van der Waals surface area contributed by atoms with Gasteiger partial charge in [0.1, 0.15) is 0 Å². The summed E-state index contributed by atoms with van der Waals surface area (Å²) in [5, 5.41) is 21.0. The summed E-state index contributed by atoms with van der Waals surface area (Å²) in [6.07, 6.45) is 0. The molecule has 188 valence electrons. The Hall–Kier alpha value is -3.89. The highest BCUT2D eigenvalue weighted by Gasteiger charge is 2.23. The third kappa shape index (κ3) is 5.60. The van der Waals surface area contributed by atoms with Gasteiger partial charge in [0.25, 0.3) is 5.69 Å². The molecule has 1 aliphatic heterocycles. The van der Waals surface area contributed by atoms with Gasteiger partial charge in [-0.05, 0) is 48.5 Å². The van der Waals surface area contributed by atoms with Crippen molar-refractivity contribution in [3.63, 3.8) is 0 Å².